The SMILES string of the molecule is CCC(=O)c1cnn(CCS(=O)(=O)C(C)C)c1. The summed E-state index contributed by atoms with van der Waals surface area (Å²) in [5.74, 6) is 0.0644. The minimum Gasteiger partial charge on any atom is -0.294 e. The summed E-state index contributed by atoms with van der Waals surface area (Å²) in [6.07, 6.45) is 3.51. The predicted octanol–water partition coefficient (Wildman–Crippen LogP) is 1.30. The topological polar surface area (TPSA) is 69.0 Å². The first kappa shape index (κ1) is 13.9. The van der Waals surface area contributed by atoms with Gasteiger partial charge in [0.15, 0.2) is 15.6 Å². The van der Waals surface area contributed by atoms with E-state index < -0.39 is 9.84 Å². The van der Waals surface area contributed by atoms with Crippen LogP contribution in [0.25, 0.3) is 0 Å². The third kappa shape index (κ3) is 3.66. The zero-order chi connectivity index (χ0) is 13.1. The monoisotopic (exact) mass is 258 g/mol. The summed E-state index contributed by atoms with van der Waals surface area (Å²) in [7, 11) is -3.06. The normalized spacial score (nSPS) is 12.0. The van der Waals surface area contributed by atoms with Crippen molar-refractivity contribution in [3.8, 4) is 0 Å². The number of nitrogens with zero attached hydrogens (tertiary/aromatic N) is 2. The Bertz CT molecular complexity index is 489. The summed E-state index contributed by atoms with van der Waals surface area (Å²) in [6, 6.07) is 0. The van der Waals surface area contributed by atoms with Crippen LogP contribution >= 0.6 is 0 Å². The molecule has 0 radical (unpaired) electrons. The maximum absolute atomic E-state index is 11.6. The van der Waals surface area contributed by atoms with Gasteiger partial charge in [0.05, 0.1) is 29.3 Å². The molecular formula is C11H18N2O3S. The summed E-state index contributed by atoms with van der Waals surface area (Å²) in [5, 5.41) is 3.60. The fraction of sp³-hybridized carbons (Fsp3) is 0.636. The lowest BCUT2D eigenvalue weighted by molar-refractivity contribution is 0.0988. The van der Waals surface area contributed by atoms with E-state index in [-0.39, 0.29) is 23.3 Å². The highest BCUT2D eigenvalue weighted by Crippen LogP contribution is 2.05. The van der Waals surface area contributed by atoms with Gasteiger partial charge in [-0.25, -0.2) is 8.42 Å². The fourth-order valence-corrected chi connectivity index (χ4v) is 2.20. The Labute approximate surface area is 102 Å². The number of hydrogen-bond donors (Lipinski definition) is 0. The largest absolute Gasteiger partial charge is 0.294 e. The van der Waals surface area contributed by atoms with E-state index in [1.54, 1.807) is 27.0 Å². The highest BCUT2D eigenvalue weighted by Gasteiger charge is 2.16. The van der Waals surface area contributed by atoms with Crippen molar-refractivity contribution in [2.75, 3.05) is 5.75 Å². The second-order valence-corrected chi connectivity index (χ2v) is 6.86. The van der Waals surface area contributed by atoms with Crippen molar-refractivity contribution < 1.29 is 13.2 Å². The maximum Gasteiger partial charge on any atom is 0.165 e. The first-order valence-corrected chi connectivity index (χ1v) is 7.35. The van der Waals surface area contributed by atoms with Gasteiger partial charge >= 0.3 is 0 Å². The molecule has 0 amide bonds. The van der Waals surface area contributed by atoms with Crippen LogP contribution in [0, 0.1) is 0 Å². The molecule has 17 heavy (non-hydrogen) atoms. The molecule has 0 aliphatic heterocycles. The average molecular weight is 258 g/mol. The molecule has 0 aromatic carbocycles. The Morgan fingerprint density at radius 1 is 1.47 bits per heavy atom. The minimum absolute atomic E-state index is 0.0166. The second-order valence-electron chi connectivity index (χ2n) is 4.18. The van der Waals surface area contributed by atoms with Gasteiger partial charge in [0, 0.05) is 12.6 Å². The van der Waals surface area contributed by atoms with Gasteiger partial charge in [-0.15, -0.1) is 0 Å². The number of sulfone groups is 1. The third-order valence-corrected chi connectivity index (χ3v) is 4.79. The van der Waals surface area contributed by atoms with Crippen molar-refractivity contribution in [3.05, 3.63) is 18.0 Å². The zero-order valence-electron chi connectivity index (χ0n) is 10.4. The first-order chi connectivity index (χ1) is 7.86. The molecule has 0 bridgehead atoms. The number of aromatic nitrogens is 2. The van der Waals surface area contributed by atoms with Crippen molar-refractivity contribution in [1.82, 2.24) is 9.78 Å². The van der Waals surface area contributed by atoms with Gasteiger partial charge in [-0.3, -0.25) is 9.48 Å². The van der Waals surface area contributed by atoms with Gasteiger partial charge in [-0.1, -0.05) is 6.92 Å². The molecule has 0 aliphatic carbocycles. The van der Waals surface area contributed by atoms with Gasteiger partial charge in [0.2, 0.25) is 0 Å². The number of ketones is 1. The van der Waals surface area contributed by atoms with Crippen LogP contribution in [0.5, 0.6) is 0 Å². The van der Waals surface area contributed by atoms with Crippen molar-refractivity contribution in [2.45, 2.75) is 39.0 Å². The molecule has 96 valence electrons. The van der Waals surface area contributed by atoms with E-state index >= 15 is 0 Å². The van der Waals surface area contributed by atoms with E-state index in [1.807, 2.05) is 0 Å². The smallest absolute Gasteiger partial charge is 0.165 e. The number of aryl methyl sites for hydroxylation is 1. The molecule has 0 N–H and O–H groups in total. The van der Waals surface area contributed by atoms with Crippen LogP contribution in [0.4, 0.5) is 0 Å². The first-order valence-electron chi connectivity index (χ1n) is 5.64. The van der Waals surface area contributed by atoms with Crippen molar-refractivity contribution in [1.29, 1.82) is 0 Å². The molecule has 0 atom stereocenters. The molecule has 1 rings (SSSR count). The lowest BCUT2D eigenvalue weighted by Gasteiger charge is -2.07. The van der Waals surface area contributed by atoms with E-state index in [0.717, 1.165) is 0 Å². The average Bonchev–Trinajstić information content (AvgIpc) is 2.74. The Morgan fingerprint density at radius 3 is 2.65 bits per heavy atom. The highest BCUT2D eigenvalue weighted by molar-refractivity contribution is 7.91. The molecule has 0 fully saturated rings. The minimum atomic E-state index is -3.06. The van der Waals surface area contributed by atoms with E-state index in [1.165, 1.54) is 10.9 Å². The van der Waals surface area contributed by atoms with Gasteiger partial charge in [-0.05, 0) is 13.8 Å². The van der Waals surface area contributed by atoms with Crippen LogP contribution in [0.3, 0.4) is 0 Å². The molecule has 0 unspecified atom stereocenters. The predicted molar refractivity (Wildman–Crippen MR) is 65.8 cm³/mol. The number of rotatable bonds is 6. The van der Waals surface area contributed by atoms with Crippen molar-refractivity contribution >= 4 is 15.6 Å². The molecule has 5 nitrogen and oxygen atoms in total. The Balaban J connectivity index is 2.65. The van der Waals surface area contributed by atoms with E-state index in [4.69, 9.17) is 0 Å². The molecular weight excluding hydrogens is 240 g/mol. The van der Waals surface area contributed by atoms with Gasteiger partial charge in [0.1, 0.15) is 0 Å². The van der Waals surface area contributed by atoms with Crippen LogP contribution in [0.2, 0.25) is 0 Å². The van der Waals surface area contributed by atoms with E-state index in [9.17, 15) is 13.2 Å². The van der Waals surface area contributed by atoms with Crippen LogP contribution in [-0.4, -0.2) is 35.0 Å². The molecule has 0 saturated carbocycles. The zero-order valence-corrected chi connectivity index (χ0v) is 11.2. The molecule has 6 heteroatoms. The number of hydrogen-bond acceptors (Lipinski definition) is 4. The quantitative estimate of drug-likeness (QED) is 0.721. The summed E-state index contributed by atoms with van der Waals surface area (Å²) >= 11 is 0. The van der Waals surface area contributed by atoms with Gasteiger partial charge in [0.25, 0.3) is 0 Å². The summed E-state index contributed by atoms with van der Waals surface area (Å²) in [6.45, 7) is 5.38. The van der Waals surface area contributed by atoms with E-state index in [2.05, 4.69) is 5.10 Å². The Kier molecular flexibility index (Phi) is 4.45. The lowest BCUT2D eigenvalue weighted by atomic mass is 10.2. The third-order valence-electron chi connectivity index (χ3n) is 2.60. The maximum atomic E-state index is 11.6. The number of carbonyl (C=O) groups excluding carboxylic acids is 1. The Hall–Kier alpha value is -1.17. The standard InChI is InChI=1S/C11H18N2O3S/c1-4-11(14)10-7-12-13(8-10)5-6-17(15,16)9(2)3/h7-9H,4-6H2,1-3H3. The van der Waals surface area contributed by atoms with Crippen LogP contribution in [-0.2, 0) is 16.4 Å². The molecule has 1 aromatic rings. The molecule has 1 aromatic heterocycles. The van der Waals surface area contributed by atoms with Gasteiger partial charge < -0.3 is 0 Å². The van der Waals surface area contributed by atoms with Gasteiger partial charge in [-0.2, -0.15) is 5.10 Å². The molecule has 0 saturated heterocycles. The van der Waals surface area contributed by atoms with E-state index in [0.29, 0.717) is 12.0 Å². The number of carbonyl (C=O) groups is 1. The molecule has 0 spiro atoms. The lowest BCUT2D eigenvalue weighted by Crippen LogP contribution is -2.21. The molecule has 0 aliphatic rings. The highest BCUT2D eigenvalue weighted by atomic mass is 32.2. The summed E-state index contributed by atoms with van der Waals surface area (Å²) in [4.78, 5) is 11.4. The van der Waals surface area contributed by atoms with Crippen molar-refractivity contribution in [3.63, 3.8) is 0 Å². The summed E-state index contributed by atoms with van der Waals surface area (Å²) < 4.78 is 24.7. The van der Waals surface area contributed by atoms with Crippen LogP contribution in [0.15, 0.2) is 12.4 Å². The van der Waals surface area contributed by atoms with Crippen LogP contribution in [0.1, 0.15) is 37.6 Å². The number of Topliss-reactive ketones (excluding diaryl/α,β-unsaturated/α-hetero) is 1. The summed E-state index contributed by atoms with van der Waals surface area (Å²) in [5.41, 5.74) is 0.537. The second kappa shape index (κ2) is 5.44. The Morgan fingerprint density at radius 2 is 2.12 bits per heavy atom. The van der Waals surface area contributed by atoms with Crippen LogP contribution < -0.4 is 0 Å². The fourth-order valence-electron chi connectivity index (χ4n) is 1.29. The molecule has 1 heterocycles. The van der Waals surface area contributed by atoms with Crippen molar-refractivity contribution in [2.24, 2.45) is 0 Å².